The molecule has 0 aliphatic carbocycles. The number of benzene rings is 3. The van der Waals surface area contributed by atoms with Gasteiger partial charge in [0, 0.05) is 30.0 Å². The van der Waals surface area contributed by atoms with Gasteiger partial charge in [0.05, 0.1) is 19.4 Å². The number of aromatic nitrogens is 2. The zero-order valence-electron chi connectivity index (χ0n) is 22.3. The number of hydrogen-bond acceptors (Lipinski definition) is 8. The van der Waals surface area contributed by atoms with Crippen molar-refractivity contribution >= 4 is 29.0 Å². The fourth-order valence-electron chi connectivity index (χ4n) is 4.52. The van der Waals surface area contributed by atoms with E-state index >= 15 is 0 Å². The molecular formula is C30H31FN6O3. The van der Waals surface area contributed by atoms with Crippen molar-refractivity contribution < 1.29 is 19.0 Å². The van der Waals surface area contributed by atoms with Gasteiger partial charge in [0.1, 0.15) is 5.75 Å². The molecule has 1 fully saturated rings. The number of morpholine rings is 1. The maximum Gasteiger partial charge on any atom is 0.269 e. The molecule has 0 bridgehead atoms. The van der Waals surface area contributed by atoms with Crippen LogP contribution in [0.5, 0.6) is 5.75 Å². The maximum absolute atomic E-state index is 14.3. The van der Waals surface area contributed by atoms with Crippen LogP contribution in [-0.2, 0) is 4.74 Å². The normalized spacial score (nSPS) is 13.2. The number of carbonyl (C=O) groups excluding carboxylic acids is 1. The predicted octanol–water partition coefficient (Wildman–Crippen LogP) is 5.45. The topological polar surface area (TPSA) is 112 Å². The quantitative estimate of drug-likeness (QED) is 0.218. The number of amides is 1. The molecule has 40 heavy (non-hydrogen) atoms. The molecule has 0 atom stereocenters. The van der Waals surface area contributed by atoms with Crippen LogP contribution in [0.4, 0.5) is 27.5 Å². The van der Waals surface area contributed by atoms with Crippen molar-refractivity contribution in [2.45, 2.75) is 19.8 Å². The minimum absolute atomic E-state index is 0.0747. The average molecular weight is 543 g/mol. The monoisotopic (exact) mass is 542 g/mol. The number of hydrazine groups is 1. The second-order valence-corrected chi connectivity index (χ2v) is 9.75. The molecule has 1 aromatic heterocycles. The first-order valence-electron chi connectivity index (χ1n) is 13.1. The van der Waals surface area contributed by atoms with Crippen LogP contribution in [-0.4, -0.2) is 47.3 Å². The minimum atomic E-state index is -0.530. The number of halogens is 1. The molecule has 0 radical (unpaired) electrons. The van der Waals surface area contributed by atoms with E-state index in [0.29, 0.717) is 31.9 Å². The highest BCUT2D eigenvalue weighted by Gasteiger charge is 2.19. The van der Waals surface area contributed by atoms with Crippen molar-refractivity contribution in [3.8, 4) is 16.9 Å². The summed E-state index contributed by atoms with van der Waals surface area (Å²) < 4.78 is 19.7. The van der Waals surface area contributed by atoms with Crippen molar-refractivity contribution in [1.82, 2.24) is 15.4 Å². The van der Waals surface area contributed by atoms with Crippen LogP contribution in [0, 0.1) is 5.82 Å². The highest BCUT2D eigenvalue weighted by Crippen LogP contribution is 2.28. The van der Waals surface area contributed by atoms with E-state index in [9.17, 15) is 14.3 Å². The van der Waals surface area contributed by atoms with Crippen molar-refractivity contribution in [3.05, 3.63) is 89.9 Å². The molecule has 1 saturated heterocycles. The summed E-state index contributed by atoms with van der Waals surface area (Å²) in [6.07, 6.45) is 1.09. The highest BCUT2D eigenvalue weighted by atomic mass is 19.1. The predicted molar refractivity (Wildman–Crippen MR) is 153 cm³/mol. The Morgan fingerprint density at radius 3 is 2.48 bits per heavy atom. The molecule has 0 spiro atoms. The van der Waals surface area contributed by atoms with E-state index in [1.807, 2.05) is 62.4 Å². The van der Waals surface area contributed by atoms with Crippen LogP contribution < -0.4 is 21.1 Å². The largest absolute Gasteiger partial charge is 0.508 e. The molecule has 0 unspecified atom stereocenters. The Balaban J connectivity index is 1.27. The van der Waals surface area contributed by atoms with Crippen LogP contribution in [0.15, 0.2) is 72.9 Å². The average Bonchev–Trinajstić information content (AvgIpc) is 2.97. The fourth-order valence-corrected chi connectivity index (χ4v) is 4.52. The highest BCUT2D eigenvalue weighted by molar-refractivity contribution is 5.97. The van der Waals surface area contributed by atoms with Gasteiger partial charge in [-0.25, -0.2) is 9.37 Å². The van der Waals surface area contributed by atoms with Crippen LogP contribution in [0.3, 0.4) is 0 Å². The lowest BCUT2D eigenvalue weighted by molar-refractivity contribution is 0.0961. The number of hydrogen-bond donors (Lipinski definition) is 4. The van der Waals surface area contributed by atoms with E-state index in [1.54, 1.807) is 23.1 Å². The summed E-state index contributed by atoms with van der Waals surface area (Å²) >= 11 is 0. The van der Waals surface area contributed by atoms with Gasteiger partial charge >= 0.3 is 0 Å². The van der Waals surface area contributed by atoms with E-state index in [-0.39, 0.29) is 29.3 Å². The van der Waals surface area contributed by atoms with Crippen molar-refractivity contribution in [2.75, 3.05) is 41.9 Å². The SMILES string of the molecule is CC(C)c1cc(Nc2ccc(-c3cccc(O)c3)cc2)ccc1C(=O)NNc1ncc(F)c(N2CCOCC2)n1. The zero-order valence-corrected chi connectivity index (χ0v) is 22.3. The molecule has 1 aliphatic rings. The molecule has 206 valence electrons. The third-order valence-electron chi connectivity index (χ3n) is 6.60. The zero-order chi connectivity index (χ0) is 28.1. The Bertz CT molecular complexity index is 1490. The van der Waals surface area contributed by atoms with Crippen LogP contribution >= 0.6 is 0 Å². The summed E-state index contributed by atoms with van der Waals surface area (Å²) in [6, 6.07) is 20.6. The molecule has 9 nitrogen and oxygen atoms in total. The molecule has 10 heteroatoms. The second-order valence-electron chi connectivity index (χ2n) is 9.75. The van der Waals surface area contributed by atoms with E-state index in [1.165, 1.54) is 0 Å². The van der Waals surface area contributed by atoms with E-state index in [0.717, 1.165) is 34.3 Å². The van der Waals surface area contributed by atoms with Crippen molar-refractivity contribution in [2.24, 2.45) is 0 Å². The van der Waals surface area contributed by atoms with Gasteiger partial charge in [-0.05, 0) is 65.1 Å². The standard InChI is InChI=1S/C30H31FN6O3/c1-19(2)26-17-23(33-22-8-6-20(7-9-22)21-4-3-5-24(38)16-21)10-11-25(26)29(39)35-36-30-32-18-27(31)28(34-30)37-12-14-40-15-13-37/h3-11,16-19,33,38H,12-15H2,1-2H3,(H,35,39)(H,32,34,36). The maximum atomic E-state index is 14.3. The van der Waals surface area contributed by atoms with E-state index < -0.39 is 5.82 Å². The van der Waals surface area contributed by atoms with E-state index in [2.05, 4.69) is 26.1 Å². The first kappa shape index (κ1) is 26.9. The summed E-state index contributed by atoms with van der Waals surface area (Å²) in [4.78, 5) is 23.1. The lowest BCUT2D eigenvalue weighted by Crippen LogP contribution is -2.38. The molecule has 1 aliphatic heterocycles. The number of nitrogens with zero attached hydrogens (tertiary/aromatic N) is 3. The van der Waals surface area contributed by atoms with Gasteiger partial charge in [-0.1, -0.05) is 38.1 Å². The summed E-state index contributed by atoms with van der Waals surface area (Å²) in [7, 11) is 0. The van der Waals surface area contributed by atoms with Gasteiger partial charge < -0.3 is 20.1 Å². The smallest absolute Gasteiger partial charge is 0.269 e. The van der Waals surface area contributed by atoms with Crippen LogP contribution in [0.1, 0.15) is 35.7 Å². The lowest BCUT2D eigenvalue weighted by Gasteiger charge is -2.28. The minimum Gasteiger partial charge on any atom is -0.508 e. The van der Waals surface area contributed by atoms with E-state index in [4.69, 9.17) is 4.74 Å². The third-order valence-corrected chi connectivity index (χ3v) is 6.60. The molecule has 1 amide bonds. The van der Waals surface area contributed by atoms with Gasteiger partial charge in [0.25, 0.3) is 5.91 Å². The number of aromatic hydroxyl groups is 1. The fraction of sp³-hybridized carbons (Fsp3) is 0.233. The van der Waals surface area contributed by atoms with Crippen LogP contribution in [0.2, 0.25) is 0 Å². The Labute approximate surface area is 232 Å². The summed E-state index contributed by atoms with van der Waals surface area (Å²) in [5.41, 5.74) is 10.4. The van der Waals surface area contributed by atoms with Gasteiger partial charge in [-0.2, -0.15) is 4.98 Å². The Morgan fingerprint density at radius 1 is 1.00 bits per heavy atom. The van der Waals surface area contributed by atoms with Crippen LogP contribution in [0.25, 0.3) is 11.1 Å². The summed E-state index contributed by atoms with van der Waals surface area (Å²) in [5.74, 6) is -0.323. The Kier molecular flexibility index (Phi) is 8.07. The summed E-state index contributed by atoms with van der Waals surface area (Å²) in [6.45, 7) is 6.08. The molecule has 4 N–H and O–H groups in total. The Morgan fingerprint density at radius 2 is 1.75 bits per heavy atom. The number of carbonyl (C=O) groups is 1. The number of anilines is 4. The van der Waals surface area contributed by atoms with Gasteiger partial charge in [0.15, 0.2) is 11.6 Å². The summed E-state index contributed by atoms with van der Waals surface area (Å²) in [5, 5.41) is 13.1. The number of ether oxygens (including phenoxy) is 1. The second kappa shape index (κ2) is 12.0. The molecule has 3 aromatic carbocycles. The lowest BCUT2D eigenvalue weighted by atomic mass is 9.96. The number of nitrogens with one attached hydrogen (secondary N) is 3. The third kappa shape index (κ3) is 6.29. The first-order chi connectivity index (χ1) is 19.4. The van der Waals surface area contributed by atoms with Gasteiger partial charge in [-0.3, -0.25) is 15.6 Å². The Hall–Kier alpha value is -4.70. The molecule has 4 aromatic rings. The molecular weight excluding hydrogens is 511 g/mol. The molecule has 0 saturated carbocycles. The number of rotatable bonds is 8. The van der Waals surface area contributed by atoms with Gasteiger partial charge in [0.2, 0.25) is 5.95 Å². The number of phenolic OH excluding ortho intramolecular Hbond substituents is 1. The molecule has 2 heterocycles. The van der Waals surface area contributed by atoms with Gasteiger partial charge in [-0.15, -0.1) is 0 Å². The number of phenols is 1. The van der Waals surface area contributed by atoms with Crippen molar-refractivity contribution in [3.63, 3.8) is 0 Å². The molecule has 5 rings (SSSR count). The first-order valence-corrected chi connectivity index (χ1v) is 13.1. The van der Waals surface area contributed by atoms with Crippen molar-refractivity contribution in [1.29, 1.82) is 0 Å².